The van der Waals surface area contributed by atoms with Crippen LogP contribution in [0.2, 0.25) is 0 Å². The van der Waals surface area contributed by atoms with Crippen LogP contribution in [0.4, 0.5) is 0 Å². The Balaban J connectivity index is 1.60. The minimum absolute atomic E-state index is 0.301. The van der Waals surface area contributed by atoms with E-state index in [1.807, 2.05) is 0 Å². The van der Waals surface area contributed by atoms with Crippen LogP contribution in [-0.2, 0) is 5.41 Å². The molecule has 4 bridgehead atoms. The van der Waals surface area contributed by atoms with Crippen LogP contribution >= 0.6 is 0 Å². The maximum absolute atomic E-state index is 12.0. The standard InChI is InChI=1S/C20H26O/c1-2-3-19(21)17-4-6-18(7-5-17)20-11-14-8-15(12-20)10-16(9-14)13-20/h4-7,14-16H,2-3,8-13H2,1H3. The van der Waals surface area contributed by atoms with Gasteiger partial charge in [-0.15, -0.1) is 0 Å². The number of benzene rings is 1. The molecule has 5 rings (SSSR count). The van der Waals surface area contributed by atoms with E-state index in [9.17, 15) is 4.79 Å². The van der Waals surface area contributed by atoms with Crippen LogP contribution in [0.5, 0.6) is 0 Å². The molecule has 4 fully saturated rings. The second-order valence-corrected chi connectivity index (χ2v) is 7.95. The Hall–Kier alpha value is -1.11. The third kappa shape index (κ3) is 2.25. The molecule has 4 aliphatic carbocycles. The van der Waals surface area contributed by atoms with Gasteiger partial charge in [0.15, 0.2) is 5.78 Å². The van der Waals surface area contributed by atoms with Crippen molar-refractivity contribution in [1.29, 1.82) is 0 Å². The van der Waals surface area contributed by atoms with Crippen molar-refractivity contribution in [3.63, 3.8) is 0 Å². The predicted molar refractivity (Wildman–Crippen MR) is 85.5 cm³/mol. The zero-order chi connectivity index (χ0) is 14.4. The van der Waals surface area contributed by atoms with Crippen molar-refractivity contribution in [2.45, 2.75) is 63.7 Å². The topological polar surface area (TPSA) is 17.1 Å². The van der Waals surface area contributed by atoms with Gasteiger partial charge in [-0.05, 0) is 73.7 Å². The lowest BCUT2D eigenvalue weighted by molar-refractivity contribution is -0.00519. The van der Waals surface area contributed by atoms with Crippen LogP contribution in [-0.4, -0.2) is 5.78 Å². The fraction of sp³-hybridized carbons (Fsp3) is 0.650. The number of hydrogen-bond donors (Lipinski definition) is 0. The smallest absolute Gasteiger partial charge is 0.162 e. The fourth-order valence-corrected chi connectivity index (χ4v) is 5.85. The second kappa shape index (κ2) is 4.97. The van der Waals surface area contributed by atoms with E-state index >= 15 is 0 Å². The molecule has 112 valence electrons. The molecule has 0 saturated heterocycles. The van der Waals surface area contributed by atoms with E-state index in [0.29, 0.717) is 17.6 Å². The molecule has 0 atom stereocenters. The molecule has 0 spiro atoms. The van der Waals surface area contributed by atoms with Gasteiger partial charge in [0.25, 0.3) is 0 Å². The molecule has 0 heterocycles. The molecular weight excluding hydrogens is 256 g/mol. The van der Waals surface area contributed by atoms with Crippen LogP contribution in [0.25, 0.3) is 0 Å². The molecule has 1 aromatic rings. The van der Waals surface area contributed by atoms with Crippen molar-refractivity contribution >= 4 is 5.78 Å². The molecule has 0 unspecified atom stereocenters. The van der Waals surface area contributed by atoms with Gasteiger partial charge in [0.05, 0.1) is 0 Å². The first-order valence-corrected chi connectivity index (χ1v) is 8.82. The number of carbonyl (C=O) groups excluding carboxylic acids is 1. The molecule has 0 amide bonds. The van der Waals surface area contributed by atoms with E-state index in [0.717, 1.165) is 29.7 Å². The highest BCUT2D eigenvalue weighted by molar-refractivity contribution is 5.96. The third-order valence-electron chi connectivity index (χ3n) is 6.33. The zero-order valence-corrected chi connectivity index (χ0v) is 13.1. The van der Waals surface area contributed by atoms with E-state index in [2.05, 4.69) is 31.2 Å². The molecule has 1 aromatic carbocycles. The molecule has 4 aliphatic rings. The van der Waals surface area contributed by atoms with E-state index in [4.69, 9.17) is 0 Å². The average molecular weight is 282 g/mol. The van der Waals surface area contributed by atoms with E-state index in [-0.39, 0.29) is 0 Å². The van der Waals surface area contributed by atoms with Crippen molar-refractivity contribution in [3.8, 4) is 0 Å². The van der Waals surface area contributed by atoms with Crippen LogP contribution in [0.3, 0.4) is 0 Å². The Labute approximate surface area is 128 Å². The van der Waals surface area contributed by atoms with E-state index < -0.39 is 0 Å². The minimum atomic E-state index is 0.301. The highest BCUT2D eigenvalue weighted by Gasteiger charge is 2.51. The summed E-state index contributed by atoms with van der Waals surface area (Å²) in [4.78, 5) is 12.0. The van der Waals surface area contributed by atoms with Crippen molar-refractivity contribution in [2.24, 2.45) is 17.8 Å². The lowest BCUT2D eigenvalue weighted by atomic mass is 9.48. The van der Waals surface area contributed by atoms with Crippen LogP contribution in [0.1, 0.15) is 74.2 Å². The largest absolute Gasteiger partial charge is 0.294 e. The summed E-state index contributed by atoms with van der Waals surface area (Å²) in [5, 5.41) is 0. The Morgan fingerprint density at radius 1 is 1.00 bits per heavy atom. The molecule has 1 heteroatoms. The third-order valence-corrected chi connectivity index (χ3v) is 6.33. The molecule has 0 N–H and O–H groups in total. The quantitative estimate of drug-likeness (QED) is 0.699. The number of rotatable bonds is 4. The fourth-order valence-electron chi connectivity index (χ4n) is 5.85. The summed E-state index contributed by atoms with van der Waals surface area (Å²) in [6.45, 7) is 2.07. The maximum atomic E-state index is 12.0. The second-order valence-electron chi connectivity index (χ2n) is 7.95. The van der Waals surface area contributed by atoms with E-state index in [1.165, 1.54) is 44.1 Å². The molecule has 4 saturated carbocycles. The Morgan fingerprint density at radius 3 is 2.00 bits per heavy atom. The Bertz CT molecular complexity index is 504. The summed E-state index contributed by atoms with van der Waals surface area (Å²) in [5.74, 6) is 3.25. The average Bonchev–Trinajstić information content (AvgIpc) is 2.46. The van der Waals surface area contributed by atoms with Crippen molar-refractivity contribution in [1.82, 2.24) is 0 Å². The first kappa shape index (κ1) is 13.5. The molecule has 21 heavy (non-hydrogen) atoms. The number of Topliss-reactive ketones (excluding diaryl/α,β-unsaturated/α-hetero) is 1. The van der Waals surface area contributed by atoms with Crippen molar-refractivity contribution < 1.29 is 4.79 Å². The maximum Gasteiger partial charge on any atom is 0.162 e. The summed E-state index contributed by atoms with van der Waals surface area (Å²) in [7, 11) is 0. The van der Waals surface area contributed by atoms with Gasteiger partial charge < -0.3 is 0 Å². The SMILES string of the molecule is CCCC(=O)c1ccc(C23CC4CC(CC(C4)C2)C3)cc1. The Morgan fingerprint density at radius 2 is 1.52 bits per heavy atom. The monoisotopic (exact) mass is 282 g/mol. The first-order chi connectivity index (χ1) is 10.2. The first-order valence-electron chi connectivity index (χ1n) is 8.82. The number of carbonyl (C=O) groups is 1. The normalized spacial score (nSPS) is 36.9. The minimum Gasteiger partial charge on any atom is -0.294 e. The molecule has 0 radical (unpaired) electrons. The predicted octanol–water partition coefficient (Wildman–Crippen LogP) is 5.14. The molecule has 0 aromatic heterocycles. The number of ketones is 1. The van der Waals surface area contributed by atoms with Gasteiger partial charge in [-0.1, -0.05) is 31.2 Å². The summed E-state index contributed by atoms with van der Waals surface area (Å²) >= 11 is 0. The van der Waals surface area contributed by atoms with Gasteiger partial charge in [0, 0.05) is 12.0 Å². The van der Waals surface area contributed by atoms with Crippen molar-refractivity contribution in [3.05, 3.63) is 35.4 Å². The van der Waals surface area contributed by atoms with Gasteiger partial charge in [0.1, 0.15) is 0 Å². The molecule has 1 nitrogen and oxygen atoms in total. The molecule has 0 aliphatic heterocycles. The van der Waals surface area contributed by atoms with Crippen LogP contribution < -0.4 is 0 Å². The Kier molecular flexibility index (Phi) is 3.20. The number of hydrogen-bond acceptors (Lipinski definition) is 1. The highest BCUT2D eigenvalue weighted by atomic mass is 16.1. The molecular formula is C20H26O. The summed E-state index contributed by atoms with van der Waals surface area (Å²) < 4.78 is 0. The summed E-state index contributed by atoms with van der Waals surface area (Å²) in [6.07, 6.45) is 10.3. The van der Waals surface area contributed by atoms with Gasteiger partial charge in [-0.25, -0.2) is 0 Å². The van der Waals surface area contributed by atoms with Crippen LogP contribution in [0, 0.1) is 17.8 Å². The summed E-state index contributed by atoms with van der Waals surface area (Å²) in [6, 6.07) is 8.73. The van der Waals surface area contributed by atoms with Gasteiger partial charge in [-0.3, -0.25) is 4.79 Å². The van der Waals surface area contributed by atoms with E-state index in [1.54, 1.807) is 0 Å². The van der Waals surface area contributed by atoms with Gasteiger partial charge in [-0.2, -0.15) is 0 Å². The van der Waals surface area contributed by atoms with Gasteiger partial charge in [0.2, 0.25) is 0 Å². The van der Waals surface area contributed by atoms with Gasteiger partial charge >= 0.3 is 0 Å². The lowest BCUT2D eigenvalue weighted by Crippen LogP contribution is -2.48. The lowest BCUT2D eigenvalue weighted by Gasteiger charge is -2.57. The van der Waals surface area contributed by atoms with Crippen LogP contribution in [0.15, 0.2) is 24.3 Å². The highest BCUT2D eigenvalue weighted by Crippen LogP contribution is 2.60. The zero-order valence-electron chi connectivity index (χ0n) is 13.1. The summed E-state index contributed by atoms with van der Waals surface area (Å²) in [5.41, 5.74) is 2.89. The van der Waals surface area contributed by atoms with Crippen molar-refractivity contribution in [2.75, 3.05) is 0 Å².